The molecule has 5 heteroatoms. The second-order valence-electron chi connectivity index (χ2n) is 6.93. The number of carboxylic acids is 2. The molecule has 0 aliphatic rings. The van der Waals surface area contributed by atoms with Crippen LogP contribution in [0.2, 0.25) is 0 Å². The van der Waals surface area contributed by atoms with Gasteiger partial charge in [-0.1, -0.05) is 45.0 Å². The SMILES string of the molecule is CC(C)(C)c1ccc(-c2cccc(C(=O)O)c2)c(C(=O)O)c1CCS. The molecule has 0 aromatic heterocycles. The van der Waals surface area contributed by atoms with Gasteiger partial charge in [0.25, 0.3) is 0 Å². The van der Waals surface area contributed by atoms with Gasteiger partial charge in [-0.05, 0) is 52.0 Å². The molecule has 0 saturated heterocycles. The summed E-state index contributed by atoms with van der Waals surface area (Å²) in [5.41, 5.74) is 2.99. The van der Waals surface area contributed by atoms with Crippen molar-refractivity contribution in [1.29, 1.82) is 0 Å². The molecular formula is C20H22O4S. The fraction of sp³-hybridized carbons (Fsp3) is 0.300. The van der Waals surface area contributed by atoms with Gasteiger partial charge in [-0.25, -0.2) is 9.59 Å². The van der Waals surface area contributed by atoms with Crippen LogP contribution in [0.5, 0.6) is 0 Å². The van der Waals surface area contributed by atoms with Gasteiger partial charge in [0.05, 0.1) is 11.1 Å². The maximum atomic E-state index is 12.0. The lowest BCUT2D eigenvalue weighted by Crippen LogP contribution is -2.18. The first-order valence-electron chi connectivity index (χ1n) is 8.01. The van der Waals surface area contributed by atoms with Crippen molar-refractivity contribution in [3.8, 4) is 11.1 Å². The fourth-order valence-electron chi connectivity index (χ4n) is 3.03. The third-order valence-electron chi connectivity index (χ3n) is 4.12. The van der Waals surface area contributed by atoms with Gasteiger partial charge in [0.15, 0.2) is 0 Å². The van der Waals surface area contributed by atoms with Crippen LogP contribution in [0.4, 0.5) is 0 Å². The van der Waals surface area contributed by atoms with Gasteiger partial charge in [0.2, 0.25) is 0 Å². The van der Waals surface area contributed by atoms with Gasteiger partial charge in [-0.3, -0.25) is 0 Å². The number of carbonyl (C=O) groups is 2. The lowest BCUT2D eigenvalue weighted by Gasteiger charge is -2.25. The topological polar surface area (TPSA) is 74.6 Å². The highest BCUT2D eigenvalue weighted by atomic mass is 32.1. The van der Waals surface area contributed by atoms with E-state index in [1.165, 1.54) is 12.1 Å². The number of thiol groups is 1. The van der Waals surface area contributed by atoms with E-state index in [0.29, 0.717) is 23.3 Å². The smallest absolute Gasteiger partial charge is 0.336 e. The lowest BCUT2D eigenvalue weighted by atomic mass is 9.79. The summed E-state index contributed by atoms with van der Waals surface area (Å²) in [5.74, 6) is -1.53. The number of hydrogen-bond acceptors (Lipinski definition) is 3. The zero-order chi connectivity index (χ0) is 18.8. The summed E-state index contributed by atoms with van der Waals surface area (Å²) in [6, 6.07) is 10.1. The predicted octanol–water partition coefficient (Wildman–Crippen LogP) is 4.52. The standard InChI is InChI=1S/C20H22O4S/c1-20(2,3)16-8-7-14(17(19(23)24)15(16)9-10-25)12-5-4-6-13(11-12)18(21)22/h4-8,11,25H,9-10H2,1-3H3,(H,21,22)(H,23,24). The molecule has 2 N–H and O–H groups in total. The van der Waals surface area contributed by atoms with E-state index in [1.54, 1.807) is 18.2 Å². The maximum Gasteiger partial charge on any atom is 0.336 e. The summed E-state index contributed by atoms with van der Waals surface area (Å²) in [6.45, 7) is 6.13. The zero-order valence-electron chi connectivity index (χ0n) is 14.5. The Morgan fingerprint density at radius 2 is 1.72 bits per heavy atom. The van der Waals surface area contributed by atoms with Crippen molar-refractivity contribution in [1.82, 2.24) is 0 Å². The monoisotopic (exact) mass is 358 g/mol. The van der Waals surface area contributed by atoms with Gasteiger partial charge in [0, 0.05) is 0 Å². The minimum atomic E-state index is -1.04. The number of benzene rings is 2. The summed E-state index contributed by atoms with van der Waals surface area (Å²) in [4.78, 5) is 23.3. The van der Waals surface area contributed by atoms with Crippen molar-refractivity contribution in [3.63, 3.8) is 0 Å². The van der Waals surface area contributed by atoms with E-state index in [4.69, 9.17) is 0 Å². The molecule has 2 rings (SSSR count). The van der Waals surface area contributed by atoms with Crippen LogP contribution in [0.15, 0.2) is 36.4 Å². The van der Waals surface area contributed by atoms with Crippen molar-refractivity contribution in [2.45, 2.75) is 32.6 Å². The summed E-state index contributed by atoms with van der Waals surface area (Å²) >= 11 is 4.28. The molecule has 0 unspecified atom stereocenters. The Labute approximate surface area is 152 Å². The predicted molar refractivity (Wildman–Crippen MR) is 102 cm³/mol. The van der Waals surface area contributed by atoms with Crippen LogP contribution in [0, 0.1) is 0 Å². The molecule has 0 aliphatic heterocycles. The Hall–Kier alpha value is -2.27. The summed E-state index contributed by atoms with van der Waals surface area (Å²) in [6.07, 6.45) is 0.532. The van der Waals surface area contributed by atoms with Crippen molar-refractivity contribution in [2.24, 2.45) is 0 Å². The van der Waals surface area contributed by atoms with Crippen LogP contribution in [0.1, 0.15) is 52.6 Å². The van der Waals surface area contributed by atoms with Crippen LogP contribution >= 0.6 is 12.6 Å². The summed E-state index contributed by atoms with van der Waals surface area (Å²) < 4.78 is 0. The van der Waals surface area contributed by atoms with E-state index >= 15 is 0 Å². The minimum absolute atomic E-state index is 0.129. The molecular weight excluding hydrogens is 336 g/mol. The van der Waals surface area contributed by atoms with E-state index in [-0.39, 0.29) is 16.5 Å². The quantitative estimate of drug-likeness (QED) is 0.687. The lowest BCUT2D eigenvalue weighted by molar-refractivity contribution is 0.0686. The van der Waals surface area contributed by atoms with Gasteiger partial charge >= 0.3 is 11.9 Å². The molecule has 132 valence electrons. The Morgan fingerprint density at radius 3 is 2.24 bits per heavy atom. The Kier molecular flexibility index (Phi) is 5.58. The van der Waals surface area contributed by atoms with E-state index in [2.05, 4.69) is 12.6 Å². The molecule has 4 nitrogen and oxygen atoms in total. The molecule has 0 aliphatic carbocycles. The Bertz CT molecular complexity index is 819. The molecule has 0 spiro atoms. The second kappa shape index (κ2) is 7.31. The van der Waals surface area contributed by atoms with Crippen molar-refractivity contribution >= 4 is 24.6 Å². The van der Waals surface area contributed by atoms with E-state index in [0.717, 1.165) is 11.1 Å². The first kappa shape index (κ1) is 19.1. The molecule has 2 aromatic carbocycles. The third kappa shape index (κ3) is 4.04. The van der Waals surface area contributed by atoms with Crippen LogP contribution in [0.3, 0.4) is 0 Å². The van der Waals surface area contributed by atoms with Gasteiger partial charge in [-0.2, -0.15) is 12.6 Å². The third-order valence-corrected chi connectivity index (χ3v) is 4.34. The largest absolute Gasteiger partial charge is 0.478 e. The molecule has 25 heavy (non-hydrogen) atoms. The van der Waals surface area contributed by atoms with Crippen LogP contribution in [-0.2, 0) is 11.8 Å². The summed E-state index contributed by atoms with van der Waals surface area (Å²) in [5, 5.41) is 19.1. The molecule has 0 atom stereocenters. The number of aromatic carboxylic acids is 2. The van der Waals surface area contributed by atoms with Gasteiger partial charge in [-0.15, -0.1) is 0 Å². The molecule has 0 bridgehead atoms. The first-order chi connectivity index (χ1) is 11.7. The highest BCUT2D eigenvalue weighted by Gasteiger charge is 2.25. The van der Waals surface area contributed by atoms with Crippen LogP contribution in [0.25, 0.3) is 11.1 Å². The van der Waals surface area contributed by atoms with Crippen molar-refractivity contribution in [3.05, 3.63) is 58.7 Å². The Morgan fingerprint density at radius 1 is 1.04 bits per heavy atom. The molecule has 0 heterocycles. The molecule has 2 aromatic rings. The highest BCUT2D eigenvalue weighted by Crippen LogP contribution is 2.35. The molecule has 0 saturated carbocycles. The number of carboxylic acid groups (broad SMARTS) is 2. The first-order valence-corrected chi connectivity index (χ1v) is 8.64. The molecule has 0 radical (unpaired) electrons. The second-order valence-corrected chi connectivity index (χ2v) is 7.38. The molecule has 0 amide bonds. The van der Waals surface area contributed by atoms with Gasteiger partial charge < -0.3 is 10.2 Å². The van der Waals surface area contributed by atoms with Gasteiger partial charge in [0.1, 0.15) is 0 Å². The van der Waals surface area contributed by atoms with E-state index in [1.807, 2.05) is 26.8 Å². The number of rotatable bonds is 5. The zero-order valence-corrected chi connectivity index (χ0v) is 15.4. The average molecular weight is 358 g/mol. The van der Waals surface area contributed by atoms with E-state index in [9.17, 15) is 19.8 Å². The maximum absolute atomic E-state index is 12.0. The minimum Gasteiger partial charge on any atom is -0.478 e. The van der Waals surface area contributed by atoms with Crippen molar-refractivity contribution < 1.29 is 19.8 Å². The van der Waals surface area contributed by atoms with Crippen LogP contribution in [-0.4, -0.2) is 27.9 Å². The normalized spacial score (nSPS) is 11.4. The summed E-state index contributed by atoms with van der Waals surface area (Å²) in [7, 11) is 0. The van der Waals surface area contributed by atoms with Crippen LogP contribution < -0.4 is 0 Å². The Balaban J connectivity index is 2.79. The number of hydrogen-bond donors (Lipinski definition) is 3. The molecule has 0 fully saturated rings. The van der Waals surface area contributed by atoms with Crippen molar-refractivity contribution in [2.75, 3.05) is 5.75 Å². The average Bonchev–Trinajstić information content (AvgIpc) is 2.53. The van der Waals surface area contributed by atoms with E-state index < -0.39 is 11.9 Å². The highest BCUT2D eigenvalue weighted by molar-refractivity contribution is 7.80. The fourth-order valence-corrected chi connectivity index (χ4v) is 3.25.